The summed E-state index contributed by atoms with van der Waals surface area (Å²) in [6, 6.07) is 0. The van der Waals surface area contributed by atoms with Crippen molar-refractivity contribution in [2.75, 3.05) is 11.8 Å². The molecular formula is C7H4Cl2O3. The predicted octanol–water partition coefficient (Wildman–Crippen LogP) is 1.54. The van der Waals surface area contributed by atoms with Gasteiger partial charge in [-0.15, -0.1) is 23.2 Å². The molecule has 64 valence electrons. The van der Waals surface area contributed by atoms with Crippen LogP contribution in [-0.4, -0.2) is 17.9 Å². The Labute approximate surface area is 79.9 Å². The van der Waals surface area contributed by atoms with E-state index in [0.29, 0.717) is 0 Å². The maximum atomic E-state index is 10.5. The van der Waals surface area contributed by atoms with Crippen LogP contribution in [0.1, 0.15) is 0 Å². The van der Waals surface area contributed by atoms with Crippen LogP contribution >= 0.6 is 23.2 Å². The Kier molecular flexibility index (Phi) is 7.38. The van der Waals surface area contributed by atoms with Crippen LogP contribution in [0, 0.1) is 24.1 Å². The molecule has 3 nitrogen and oxygen atoms in total. The number of hydrogen-bond acceptors (Lipinski definition) is 3. The van der Waals surface area contributed by atoms with Crippen molar-refractivity contribution in [2.24, 2.45) is 0 Å². The van der Waals surface area contributed by atoms with Crippen molar-refractivity contribution >= 4 is 29.4 Å². The van der Waals surface area contributed by atoms with Crippen LogP contribution in [0.5, 0.6) is 0 Å². The van der Waals surface area contributed by atoms with E-state index in [0.717, 1.165) is 0 Å². The molecule has 0 rings (SSSR count). The Bertz CT molecular complexity index is 227. The number of rotatable bonds is 0. The summed E-state index contributed by atoms with van der Waals surface area (Å²) in [5.74, 6) is 4.74. The van der Waals surface area contributed by atoms with Gasteiger partial charge in [0.1, 0.15) is 12.2 Å². The molecule has 0 fully saturated rings. The molecule has 12 heavy (non-hydrogen) atoms. The molecule has 0 aliphatic rings. The Morgan fingerprint density at radius 1 is 1.08 bits per heavy atom. The smallest absolute Gasteiger partial charge is 0.340 e. The van der Waals surface area contributed by atoms with E-state index >= 15 is 0 Å². The van der Waals surface area contributed by atoms with Gasteiger partial charge in [-0.05, 0) is 11.8 Å². The summed E-state index contributed by atoms with van der Waals surface area (Å²) in [5.41, 5.74) is 0. The molecule has 0 bridgehead atoms. The van der Waals surface area contributed by atoms with Gasteiger partial charge in [-0.3, -0.25) is 0 Å². The summed E-state index contributed by atoms with van der Waals surface area (Å²) in [6.45, 7) is 0. The van der Waals surface area contributed by atoms with Crippen LogP contribution in [0.25, 0.3) is 0 Å². The minimum Gasteiger partial charge on any atom is -0.340 e. The second-order valence-electron chi connectivity index (χ2n) is 1.28. The summed E-state index contributed by atoms with van der Waals surface area (Å²) in [6.07, 6.45) is 3.01. The van der Waals surface area contributed by atoms with E-state index in [2.05, 4.69) is 21.3 Å². The highest BCUT2D eigenvalue weighted by atomic mass is 35.5. The number of halogens is 2. The number of carbonyl (C=O) groups is 1. The molecule has 0 N–H and O–H groups in total. The minimum absolute atomic E-state index is 0.0840. The van der Waals surface area contributed by atoms with Gasteiger partial charge in [0.25, 0.3) is 0 Å². The summed E-state index contributed by atoms with van der Waals surface area (Å²) in [5, 5.41) is 0. The first-order valence-corrected chi connectivity index (χ1v) is 3.83. The van der Waals surface area contributed by atoms with Crippen molar-refractivity contribution in [3.8, 4) is 24.1 Å². The molecule has 0 aromatic heterocycles. The Hall–Kier alpha value is -1.03. The number of alkyl halides is 2. The predicted molar refractivity (Wildman–Crippen MR) is 44.6 cm³/mol. The van der Waals surface area contributed by atoms with Gasteiger partial charge >= 0.3 is 6.16 Å². The fraction of sp³-hybridized carbons (Fsp3) is 0.286. The van der Waals surface area contributed by atoms with Gasteiger partial charge in [0, 0.05) is 0 Å². The summed E-state index contributed by atoms with van der Waals surface area (Å²) >= 11 is 10.3. The maximum absolute atomic E-state index is 10.5. The normalized spacial score (nSPS) is 6.83. The maximum Gasteiger partial charge on any atom is 0.537 e. The minimum atomic E-state index is -0.995. The Morgan fingerprint density at radius 3 is 1.83 bits per heavy atom. The quantitative estimate of drug-likeness (QED) is 0.343. The molecule has 0 heterocycles. The Morgan fingerprint density at radius 2 is 1.50 bits per heavy atom. The van der Waals surface area contributed by atoms with Crippen molar-refractivity contribution in [3.05, 3.63) is 0 Å². The highest BCUT2D eigenvalue weighted by Gasteiger charge is 1.97. The molecule has 0 aliphatic heterocycles. The third kappa shape index (κ3) is 7.08. The molecule has 0 amide bonds. The molecule has 0 spiro atoms. The summed E-state index contributed by atoms with van der Waals surface area (Å²) < 4.78 is 8.35. The van der Waals surface area contributed by atoms with Crippen molar-refractivity contribution < 1.29 is 14.3 Å². The van der Waals surface area contributed by atoms with Gasteiger partial charge in [0.15, 0.2) is 0 Å². The van der Waals surface area contributed by atoms with Crippen LogP contribution < -0.4 is 0 Å². The summed E-state index contributed by atoms with van der Waals surface area (Å²) in [7, 11) is 0. The molecule has 0 saturated carbocycles. The standard InChI is InChI=1S/C7H4Cl2O3/c8-3-1-5-11-7(10)12-6-2-4-9/h3-4H2. The van der Waals surface area contributed by atoms with Crippen LogP contribution in [-0.2, 0) is 9.47 Å². The first-order valence-electron chi connectivity index (χ1n) is 2.76. The van der Waals surface area contributed by atoms with E-state index < -0.39 is 6.16 Å². The SMILES string of the molecule is O=C(OC#CCCl)OC#CCCl. The van der Waals surface area contributed by atoms with E-state index in [1.165, 1.54) is 0 Å². The van der Waals surface area contributed by atoms with Crippen molar-refractivity contribution in [1.29, 1.82) is 0 Å². The van der Waals surface area contributed by atoms with Gasteiger partial charge < -0.3 is 9.47 Å². The van der Waals surface area contributed by atoms with Crippen LogP contribution in [0.4, 0.5) is 4.79 Å². The van der Waals surface area contributed by atoms with Crippen LogP contribution in [0.15, 0.2) is 0 Å². The van der Waals surface area contributed by atoms with Gasteiger partial charge in [-0.2, -0.15) is 0 Å². The third-order valence-corrected chi connectivity index (χ3v) is 0.814. The van der Waals surface area contributed by atoms with Gasteiger partial charge in [0.05, 0.1) is 11.8 Å². The third-order valence-electron chi connectivity index (χ3n) is 0.547. The van der Waals surface area contributed by atoms with Crippen LogP contribution in [0.2, 0.25) is 0 Å². The molecule has 0 saturated heterocycles. The van der Waals surface area contributed by atoms with Crippen LogP contribution in [0.3, 0.4) is 0 Å². The largest absolute Gasteiger partial charge is 0.537 e. The highest BCUT2D eigenvalue weighted by Crippen LogP contribution is 1.81. The molecular weight excluding hydrogens is 203 g/mol. The monoisotopic (exact) mass is 206 g/mol. The second-order valence-corrected chi connectivity index (χ2v) is 1.81. The lowest BCUT2D eigenvalue weighted by atomic mass is 10.8. The van der Waals surface area contributed by atoms with Crippen molar-refractivity contribution in [3.63, 3.8) is 0 Å². The lowest BCUT2D eigenvalue weighted by Crippen LogP contribution is -1.98. The zero-order chi connectivity index (χ0) is 9.23. The van der Waals surface area contributed by atoms with Gasteiger partial charge in [-0.1, -0.05) is 0 Å². The van der Waals surface area contributed by atoms with Gasteiger partial charge in [0.2, 0.25) is 0 Å². The molecule has 0 aromatic rings. The van der Waals surface area contributed by atoms with Crippen molar-refractivity contribution in [1.82, 2.24) is 0 Å². The average Bonchev–Trinajstić information content (AvgIpc) is 2.06. The molecule has 0 radical (unpaired) electrons. The topological polar surface area (TPSA) is 35.5 Å². The van der Waals surface area contributed by atoms with E-state index in [-0.39, 0.29) is 11.8 Å². The highest BCUT2D eigenvalue weighted by molar-refractivity contribution is 6.19. The van der Waals surface area contributed by atoms with E-state index in [9.17, 15) is 4.79 Å². The Balaban J connectivity index is 3.60. The average molecular weight is 207 g/mol. The first-order chi connectivity index (χ1) is 5.81. The molecule has 0 aromatic carbocycles. The van der Waals surface area contributed by atoms with E-state index in [1.807, 2.05) is 12.2 Å². The van der Waals surface area contributed by atoms with E-state index in [4.69, 9.17) is 23.2 Å². The molecule has 0 atom stereocenters. The fourth-order valence-corrected chi connectivity index (χ4v) is 0.340. The fourth-order valence-electron chi connectivity index (χ4n) is 0.231. The zero-order valence-corrected chi connectivity index (χ0v) is 7.41. The number of hydrogen-bond donors (Lipinski definition) is 0. The molecule has 5 heteroatoms. The molecule has 0 unspecified atom stereocenters. The number of carbonyl (C=O) groups excluding carboxylic acids is 1. The van der Waals surface area contributed by atoms with Gasteiger partial charge in [-0.25, -0.2) is 4.79 Å². The lowest BCUT2D eigenvalue weighted by Gasteiger charge is -1.87. The number of ether oxygens (including phenoxy) is 2. The van der Waals surface area contributed by atoms with E-state index in [1.54, 1.807) is 0 Å². The first kappa shape index (κ1) is 11.0. The van der Waals surface area contributed by atoms with Crippen molar-refractivity contribution in [2.45, 2.75) is 0 Å². The molecule has 0 aliphatic carbocycles. The lowest BCUT2D eigenvalue weighted by molar-refractivity contribution is 0.132. The second kappa shape index (κ2) is 8.07. The summed E-state index contributed by atoms with van der Waals surface area (Å²) in [4.78, 5) is 10.5. The zero-order valence-electron chi connectivity index (χ0n) is 5.89.